The van der Waals surface area contributed by atoms with Crippen molar-refractivity contribution in [2.75, 3.05) is 38.1 Å². The fourth-order valence-electron chi connectivity index (χ4n) is 5.13. The standard InChI is InChI=1S/C25H28F4N8O3/c26-20(27)13-36-9-15(8-31-36)18-2-1-5-30-22(18)25(40)32-19-12-37(33-23(19)24(28)29)17-10-35(11-17)16-3-6-34(7-4-16)21(39)14-38/h1-2,5,8-9,12,16-17,20,24,38H,3-4,6-7,10-11,13-14H2,(H,32,40). The van der Waals surface area contributed by atoms with Crippen LogP contribution in [0.2, 0.25) is 0 Å². The van der Waals surface area contributed by atoms with Gasteiger partial charge in [-0.15, -0.1) is 0 Å². The van der Waals surface area contributed by atoms with Crippen molar-refractivity contribution in [2.24, 2.45) is 0 Å². The number of halogens is 4. The van der Waals surface area contributed by atoms with Gasteiger partial charge < -0.3 is 15.3 Å². The van der Waals surface area contributed by atoms with Gasteiger partial charge in [-0.2, -0.15) is 10.2 Å². The highest BCUT2D eigenvalue weighted by atomic mass is 19.3. The molecule has 0 atom stereocenters. The third-order valence-corrected chi connectivity index (χ3v) is 7.24. The van der Waals surface area contributed by atoms with E-state index < -0.39 is 37.6 Å². The monoisotopic (exact) mass is 564 g/mol. The van der Waals surface area contributed by atoms with E-state index >= 15 is 0 Å². The molecule has 5 heterocycles. The SMILES string of the molecule is O=C(Nc1cn(C2CN(C3CCN(C(=O)CO)CC3)C2)nc1C(F)F)c1ncccc1-c1cnn(CC(F)F)c1. The van der Waals surface area contributed by atoms with Gasteiger partial charge in [0.25, 0.3) is 18.8 Å². The zero-order chi connectivity index (χ0) is 28.4. The first-order chi connectivity index (χ1) is 19.2. The van der Waals surface area contributed by atoms with Crippen molar-refractivity contribution in [3.8, 4) is 11.1 Å². The van der Waals surface area contributed by atoms with E-state index in [4.69, 9.17) is 5.11 Å². The Bertz CT molecular complexity index is 1350. The molecular weight excluding hydrogens is 536 g/mol. The molecule has 0 aromatic carbocycles. The molecule has 0 aliphatic carbocycles. The summed E-state index contributed by atoms with van der Waals surface area (Å²) in [5.41, 5.74) is -0.0882. The van der Waals surface area contributed by atoms with E-state index in [0.717, 1.165) is 17.5 Å². The van der Waals surface area contributed by atoms with Crippen LogP contribution in [-0.2, 0) is 11.3 Å². The number of aliphatic hydroxyl groups excluding tert-OH is 1. The number of carbonyl (C=O) groups excluding carboxylic acids is 2. The van der Waals surface area contributed by atoms with Gasteiger partial charge in [0.15, 0.2) is 5.69 Å². The van der Waals surface area contributed by atoms with Crippen molar-refractivity contribution in [3.05, 3.63) is 48.3 Å². The van der Waals surface area contributed by atoms with Crippen LogP contribution in [0.1, 0.15) is 41.5 Å². The number of nitrogens with one attached hydrogen (secondary N) is 1. The van der Waals surface area contributed by atoms with Gasteiger partial charge in [0, 0.05) is 61.9 Å². The number of nitrogens with zero attached hydrogens (tertiary/aromatic N) is 7. The molecule has 5 rings (SSSR count). The highest BCUT2D eigenvalue weighted by Gasteiger charge is 2.37. The van der Waals surface area contributed by atoms with E-state index in [2.05, 4.69) is 25.4 Å². The van der Waals surface area contributed by atoms with Crippen LogP contribution in [0, 0.1) is 0 Å². The van der Waals surface area contributed by atoms with E-state index in [0.29, 0.717) is 37.3 Å². The Morgan fingerprint density at radius 1 is 1.10 bits per heavy atom. The maximum atomic E-state index is 13.9. The third kappa shape index (κ3) is 5.84. The largest absolute Gasteiger partial charge is 0.387 e. The van der Waals surface area contributed by atoms with Crippen LogP contribution >= 0.6 is 0 Å². The molecule has 0 saturated carbocycles. The summed E-state index contributed by atoms with van der Waals surface area (Å²) in [6.45, 7) is 1.17. The first kappa shape index (κ1) is 27.7. The topological polar surface area (TPSA) is 121 Å². The molecule has 2 aliphatic heterocycles. The van der Waals surface area contributed by atoms with Gasteiger partial charge in [-0.1, -0.05) is 6.07 Å². The number of alkyl halides is 4. The number of amides is 2. The van der Waals surface area contributed by atoms with Crippen molar-refractivity contribution < 1.29 is 32.3 Å². The molecule has 2 saturated heterocycles. The Morgan fingerprint density at radius 3 is 2.52 bits per heavy atom. The first-order valence-electron chi connectivity index (χ1n) is 12.8. The number of anilines is 1. The summed E-state index contributed by atoms with van der Waals surface area (Å²) in [6.07, 6.45) is 1.42. The van der Waals surface area contributed by atoms with Gasteiger partial charge in [0.05, 0.1) is 17.9 Å². The number of pyridine rings is 1. The van der Waals surface area contributed by atoms with Crippen molar-refractivity contribution in [1.29, 1.82) is 0 Å². The molecule has 2 N–H and O–H groups in total. The molecule has 15 heteroatoms. The second-order valence-electron chi connectivity index (χ2n) is 9.78. The predicted octanol–water partition coefficient (Wildman–Crippen LogP) is 2.44. The Morgan fingerprint density at radius 2 is 1.85 bits per heavy atom. The quantitative estimate of drug-likeness (QED) is 0.383. The minimum Gasteiger partial charge on any atom is -0.387 e. The van der Waals surface area contributed by atoms with E-state index in [-0.39, 0.29) is 29.4 Å². The average molecular weight is 565 g/mol. The fraction of sp³-hybridized carbons (Fsp3) is 0.480. The molecule has 2 aliphatic rings. The van der Waals surface area contributed by atoms with Crippen molar-refractivity contribution >= 4 is 17.5 Å². The molecule has 0 bridgehead atoms. The summed E-state index contributed by atoms with van der Waals surface area (Å²) in [5, 5.41) is 19.5. The molecule has 11 nitrogen and oxygen atoms in total. The zero-order valence-electron chi connectivity index (χ0n) is 21.3. The number of rotatable bonds is 9. The number of hydrogen-bond donors (Lipinski definition) is 2. The minimum absolute atomic E-state index is 0.0760. The van der Waals surface area contributed by atoms with Crippen LogP contribution in [0.4, 0.5) is 23.2 Å². The summed E-state index contributed by atoms with van der Waals surface area (Å²) in [5.74, 6) is -1.04. The molecular formula is C25H28F4N8O3. The molecule has 214 valence electrons. The Balaban J connectivity index is 1.26. The number of likely N-dealkylation sites (tertiary alicyclic amines) is 2. The number of piperidine rings is 1. The van der Waals surface area contributed by atoms with Gasteiger partial charge in [-0.25, -0.2) is 17.6 Å². The maximum absolute atomic E-state index is 13.9. The molecule has 0 spiro atoms. The summed E-state index contributed by atoms with van der Waals surface area (Å²) < 4.78 is 55.6. The highest BCUT2D eigenvalue weighted by Crippen LogP contribution is 2.33. The Kier molecular flexibility index (Phi) is 8.12. The predicted molar refractivity (Wildman–Crippen MR) is 134 cm³/mol. The Hall–Kier alpha value is -3.85. The van der Waals surface area contributed by atoms with Crippen LogP contribution in [0.25, 0.3) is 11.1 Å². The van der Waals surface area contributed by atoms with E-state index in [1.165, 1.54) is 29.5 Å². The molecule has 3 aromatic rings. The zero-order valence-corrected chi connectivity index (χ0v) is 21.3. The molecule has 3 aromatic heterocycles. The van der Waals surface area contributed by atoms with Crippen LogP contribution < -0.4 is 5.32 Å². The number of hydrogen-bond acceptors (Lipinski definition) is 7. The lowest BCUT2D eigenvalue weighted by atomic mass is 9.97. The smallest absolute Gasteiger partial charge is 0.284 e. The molecule has 0 radical (unpaired) electrons. The number of aliphatic hydroxyl groups is 1. The minimum atomic E-state index is -2.93. The normalized spacial score (nSPS) is 17.0. The van der Waals surface area contributed by atoms with E-state index in [1.54, 1.807) is 17.0 Å². The fourth-order valence-corrected chi connectivity index (χ4v) is 5.13. The van der Waals surface area contributed by atoms with Crippen LogP contribution in [0.5, 0.6) is 0 Å². The molecule has 2 amide bonds. The van der Waals surface area contributed by atoms with Gasteiger partial charge in [0.1, 0.15) is 18.8 Å². The lowest BCUT2D eigenvalue weighted by molar-refractivity contribution is -0.136. The highest BCUT2D eigenvalue weighted by molar-refractivity contribution is 6.07. The Labute approximate surface area is 226 Å². The number of aromatic nitrogens is 5. The lowest BCUT2D eigenvalue weighted by Gasteiger charge is -2.47. The lowest BCUT2D eigenvalue weighted by Crippen LogP contribution is -2.56. The van der Waals surface area contributed by atoms with Gasteiger partial charge >= 0.3 is 0 Å². The van der Waals surface area contributed by atoms with Crippen molar-refractivity contribution in [2.45, 2.75) is 44.3 Å². The maximum Gasteiger partial charge on any atom is 0.284 e. The van der Waals surface area contributed by atoms with Crippen LogP contribution in [0.15, 0.2) is 36.9 Å². The van der Waals surface area contributed by atoms with Gasteiger partial charge in [-0.3, -0.25) is 28.8 Å². The van der Waals surface area contributed by atoms with Crippen molar-refractivity contribution in [3.63, 3.8) is 0 Å². The van der Waals surface area contributed by atoms with Crippen LogP contribution in [0.3, 0.4) is 0 Å². The van der Waals surface area contributed by atoms with Crippen molar-refractivity contribution in [1.82, 2.24) is 34.3 Å². The first-order valence-corrected chi connectivity index (χ1v) is 12.8. The number of carbonyl (C=O) groups is 2. The van der Waals surface area contributed by atoms with Crippen LogP contribution in [-0.4, -0.2) is 96.5 Å². The average Bonchev–Trinajstić information content (AvgIpc) is 3.54. The van der Waals surface area contributed by atoms with Gasteiger partial charge in [-0.05, 0) is 18.9 Å². The second-order valence-corrected chi connectivity index (χ2v) is 9.78. The molecule has 0 unspecified atom stereocenters. The second kappa shape index (κ2) is 11.7. The summed E-state index contributed by atoms with van der Waals surface area (Å²) >= 11 is 0. The molecule has 2 fully saturated rings. The molecule has 40 heavy (non-hydrogen) atoms. The van der Waals surface area contributed by atoms with E-state index in [9.17, 15) is 27.2 Å². The van der Waals surface area contributed by atoms with E-state index in [1.807, 2.05) is 0 Å². The third-order valence-electron chi connectivity index (χ3n) is 7.24. The summed E-state index contributed by atoms with van der Waals surface area (Å²) in [7, 11) is 0. The summed E-state index contributed by atoms with van der Waals surface area (Å²) in [6, 6.07) is 3.22. The van der Waals surface area contributed by atoms with Gasteiger partial charge in [0.2, 0.25) is 5.91 Å². The summed E-state index contributed by atoms with van der Waals surface area (Å²) in [4.78, 5) is 32.7.